The number of aromatic nitrogens is 2. The van der Waals surface area contributed by atoms with Crippen molar-refractivity contribution in [2.45, 2.75) is 32.4 Å². The lowest BCUT2D eigenvalue weighted by Gasteiger charge is -2.32. The standard InChI is InChI=1S/C28H28N4O/c1-20-12-13-25-24(18-20)26(27(31-30-25)22-10-6-3-7-11-22)28(33)29-23-14-16-32(17-15-23)19-21-8-4-2-5-9-21/h2-13,18,23H,14-17,19H2,1H3,(H,29,33). The third-order valence-electron chi connectivity index (χ3n) is 6.36. The zero-order valence-corrected chi connectivity index (χ0v) is 18.9. The summed E-state index contributed by atoms with van der Waals surface area (Å²) in [6, 6.07) is 26.5. The molecule has 0 atom stereocenters. The van der Waals surface area contributed by atoms with Crippen molar-refractivity contribution in [2.24, 2.45) is 0 Å². The minimum atomic E-state index is -0.0686. The minimum absolute atomic E-state index is 0.0686. The highest BCUT2D eigenvalue weighted by Gasteiger charge is 2.25. The van der Waals surface area contributed by atoms with Crippen LogP contribution in [0.25, 0.3) is 22.2 Å². The van der Waals surface area contributed by atoms with E-state index in [-0.39, 0.29) is 11.9 Å². The Morgan fingerprint density at radius 2 is 1.64 bits per heavy atom. The predicted molar refractivity (Wildman–Crippen MR) is 132 cm³/mol. The van der Waals surface area contributed by atoms with E-state index >= 15 is 0 Å². The van der Waals surface area contributed by atoms with Crippen LogP contribution in [0.2, 0.25) is 0 Å². The summed E-state index contributed by atoms with van der Waals surface area (Å²) in [7, 11) is 0. The quantitative estimate of drug-likeness (QED) is 0.478. The van der Waals surface area contributed by atoms with Crippen LogP contribution >= 0.6 is 0 Å². The average Bonchev–Trinajstić information content (AvgIpc) is 2.85. The summed E-state index contributed by atoms with van der Waals surface area (Å²) in [5.41, 5.74) is 5.31. The van der Waals surface area contributed by atoms with Crippen molar-refractivity contribution in [3.05, 3.63) is 95.6 Å². The second kappa shape index (κ2) is 9.51. The van der Waals surface area contributed by atoms with Crippen molar-refractivity contribution < 1.29 is 4.79 Å². The van der Waals surface area contributed by atoms with Crippen LogP contribution in [0.1, 0.15) is 34.3 Å². The maximum absolute atomic E-state index is 13.6. The Kier molecular flexibility index (Phi) is 6.13. The van der Waals surface area contributed by atoms with Gasteiger partial charge in [-0.15, -0.1) is 10.2 Å². The van der Waals surface area contributed by atoms with Gasteiger partial charge in [0.25, 0.3) is 5.91 Å². The van der Waals surface area contributed by atoms with Gasteiger partial charge in [-0.3, -0.25) is 9.69 Å². The lowest BCUT2D eigenvalue weighted by molar-refractivity contribution is 0.0911. The molecule has 0 aliphatic carbocycles. The van der Waals surface area contributed by atoms with E-state index in [2.05, 4.69) is 44.7 Å². The maximum atomic E-state index is 13.6. The first kappa shape index (κ1) is 21.3. The molecule has 1 saturated heterocycles. The Bertz CT molecular complexity index is 1250. The van der Waals surface area contributed by atoms with Gasteiger partial charge in [-0.2, -0.15) is 0 Å². The first-order chi connectivity index (χ1) is 16.2. The zero-order valence-electron chi connectivity index (χ0n) is 18.9. The highest BCUT2D eigenvalue weighted by molar-refractivity contribution is 6.10. The van der Waals surface area contributed by atoms with Crippen LogP contribution in [0.4, 0.5) is 0 Å². The Hall–Kier alpha value is -3.57. The third kappa shape index (κ3) is 4.78. The predicted octanol–water partition coefficient (Wildman–Crippen LogP) is 5.00. The molecule has 5 rings (SSSR count). The van der Waals surface area contributed by atoms with Crippen LogP contribution in [0.5, 0.6) is 0 Å². The molecule has 0 saturated carbocycles. The topological polar surface area (TPSA) is 58.1 Å². The molecule has 1 amide bonds. The van der Waals surface area contributed by atoms with Gasteiger partial charge in [-0.1, -0.05) is 72.3 Å². The Balaban J connectivity index is 1.37. The molecule has 1 N–H and O–H groups in total. The van der Waals surface area contributed by atoms with Crippen molar-refractivity contribution in [3.63, 3.8) is 0 Å². The molecule has 1 fully saturated rings. The highest BCUT2D eigenvalue weighted by Crippen LogP contribution is 2.28. The summed E-state index contributed by atoms with van der Waals surface area (Å²) in [6.07, 6.45) is 1.88. The number of rotatable bonds is 5. The second-order valence-corrected chi connectivity index (χ2v) is 8.82. The number of hydrogen-bond donors (Lipinski definition) is 1. The Morgan fingerprint density at radius 1 is 0.939 bits per heavy atom. The molecule has 166 valence electrons. The number of piperidine rings is 1. The van der Waals surface area contributed by atoms with Gasteiger partial charge in [-0.05, 0) is 37.5 Å². The van der Waals surface area contributed by atoms with Gasteiger partial charge in [0.1, 0.15) is 5.69 Å². The van der Waals surface area contributed by atoms with Crippen LogP contribution in [0.3, 0.4) is 0 Å². The number of nitrogens with one attached hydrogen (secondary N) is 1. The first-order valence-electron chi connectivity index (χ1n) is 11.6. The summed E-state index contributed by atoms with van der Waals surface area (Å²) < 4.78 is 0. The smallest absolute Gasteiger partial charge is 0.254 e. The number of amides is 1. The second-order valence-electron chi connectivity index (χ2n) is 8.82. The minimum Gasteiger partial charge on any atom is -0.349 e. The molecule has 0 unspecified atom stereocenters. The maximum Gasteiger partial charge on any atom is 0.254 e. The van der Waals surface area contributed by atoms with Crippen molar-refractivity contribution >= 4 is 16.8 Å². The van der Waals surface area contributed by atoms with Crippen molar-refractivity contribution in [2.75, 3.05) is 13.1 Å². The molecular weight excluding hydrogens is 408 g/mol. The molecular formula is C28H28N4O. The van der Waals surface area contributed by atoms with Gasteiger partial charge in [-0.25, -0.2) is 0 Å². The zero-order chi connectivity index (χ0) is 22.6. The molecule has 33 heavy (non-hydrogen) atoms. The summed E-state index contributed by atoms with van der Waals surface area (Å²) in [6.45, 7) is 4.93. The van der Waals surface area contributed by atoms with Gasteiger partial charge in [0.05, 0.1) is 11.1 Å². The van der Waals surface area contributed by atoms with Gasteiger partial charge in [0.15, 0.2) is 0 Å². The van der Waals surface area contributed by atoms with E-state index in [1.165, 1.54) is 5.56 Å². The number of likely N-dealkylation sites (tertiary alicyclic amines) is 1. The van der Waals surface area contributed by atoms with Crippen LogP contribution < -0.4 is 5.32 Å². The van der Waals surface area contributed by atoms with E-state index in [0.29, 0.717) is 11.3 Å². The fourth-order valence-corrected chi connectivity index (χ4v) is 4.58. The normalized spacial score (nSPS) is 14.9. The fraction of sp³-hybridized carbons (Fsp3) is 0.250. The molecule has 1 aliphatic heterocycles. The molecule has 1 aromatic heterocycles. The number of aryl methyl sites for hydroxylation is 1. The van der Waals surface area contributed by atoms with Crippen molar-refractivity contribution in [3.8, 4) is 11.3 Å². The number of benzene rings is 3. The Labute approximate surface area is 194 Å². The molecule has 5 nitrogen and oxygen atoms in total. The van der Waals surface area contributed by atoms with E-state index in [0.717, 1.165) is 54.5 Å². The monoisotopic (exact) mass is 436 g/mol. The summed E-state index contributed by atoms with van der Waals surface area (Å²) >= 11 is 0. The first-order valence-corrected chi connectivity index (χ1v) is 11.6. The number of hydrogen-bond acceptors (Lipinski definition) is 4. The van der Waals surface area contributed by atoms with Gasteiger partial charge in [0, 0.05) is 36.6 Å². The van der Waals surface area contributed by atoms with Crippen molar-refractivity contribution in [1.82, 2.24) is 20.4 Å². The van der Waals surface area contributed by atoms with E-state index in [9.17, 15) is 4.79 Å². The van der Waals surface area contributed by atoms with E-state index in [4.69, 9.17) is 0 Å². The lowest BCUT2D eigenvalue weighted by atomic mass is 9.98. The molecule has 5 heteroatoms. The van der Waals surface area contributed by atoms with E-state index < -0.39 is 0 Å². The third-order valence-corrected chi connectivity index (χ3v) is 6.36. The van der Waals surface area contributed by atoms with Crippen LogP contribution in [0, 0.1) is 6.92 Å². The largest absolute Gasteiger partial charge is 0.349 e. The molecule has 4 aromatic rings. The van der Waals surface area contributed by atoms with E-state index in [1.54, 1.807) is 0 Å². The molecule has 1 aliphatic rings. The molecule has 0 bridgehead atoms. The van der Waals surface area contributed by atoms with Crippen LogP contribution in [-0.4, -0.2) is 40.1 Å². The number of carbonyl (C=O) groups excluding carboxylic acids is 1. The lowest BCUT2D eigenvalue weighted by Crippen LogP contribution is -2.44. The fourth-order valence-electron chi connectivity index (χ4n) is 4.58. The molecule has 0 radical (unpaired) electrons. The molecule has 2 heterocycles. The summed E-state index contributed by atoms with van der Waals surface area (Å²) in [5, 5.41) is 13.0. The van der Waals surface area contributed by atoms with Gasteiger partial charge in [0.2, 0.25) is 0 Å². The van der Waals surface area contributed by atoms with Gasteiger partial charge >= 0.3 is 0 Å². The number of nitrogens with zero attached hydrogens (tertiary/aromatic N) is 3. The number of carbonyl (C=O) groups is 1. The SMILES string of the molecule is Cc1ccc2nnc(-c3ccccc3)c(C(=O)NC3CCN(Cc4ccccc4)CC3)c2c1. The molecule has 0 spiro atoms. The average molecular weight is 437 g/mol. The summed E-state index contributed by atoms with van der Waals surface area (Å²) in [5.74, 6) is -0.0686. The Morgan fingerprint density at radius 3 is 2.36 bits per heavy atom. The van der Waals surface area contributed by atoms with Crippen molar-refractivity contribution in [1.29, 1.82) is 0 Å². The summed E-state index contributed by atoms with van der Waals surface area (Å²) in [4.78, 5) is 16.1. The van der Waals surface area contributed by atoms with Gasteiger partial charge < -0.3 is 5.32 Å². The van der Waals surface area contributed by atoms with Crippen LogP contribution in [0.15, 0.2) is 78.9 Å². The molecule has 3 aromatic carbocycles. The van der Waals surface area contributed by atoms with Crippen LogP contribution in [-0.2, 0) is 6.54 Å². The van der Waals surface area contributed by atoms with E-state index in [1.807, 2.05) is 61.5 Å². The highest BCUT2D eigenvalue weighted by atomic mass is 16.1. The number of fused-ring (bicyclic) bond motifs is 1.